The smallest absolute Gasteiger partial charge is 0.475 e. The zero-order valence-corrected chi connectivity index (χ0v) is 21.1. The van der Waals surface area contributed by atoms with Crippen LogP contribution in [-0.4, -0.2) is 98.8 Å². The molecule has 0 aromatic carbocycles. The fourth-order valence-corrected chi connectivity index (χ4v) is 4.58. The van der Waals surface area contributed by atoms with Crippen LogP contribution in [0, 0.1) is 5.92 Å². The van der Waals surface area contributed by atoms with Gasteiger partial charge in [0.15, 0.2) is 0 Å². The van der Waals surface area contributed by atoms with Crippen molar-refractivity contribution >= 4 is 17.8 Å². The Morgan fingerprint density at radius 3 is 2.43 bits per heavy atom. The van der Waals surface area contributed by atoms with Crippen LogP contribution < -0.4 is 5.32 Å². The summed E-state index contributed by atoms with van der Waals surface area (Å²) in [6, 6.07) is -0.526. The highest BCUT2D eigenvalue weighted by molar-refractivity contribution is 5.83. The topological polar surface area (TPSA) is 130 Å². The number of carboxylic acid groups (broad SMARTS) is 1. The van der Waals surface area contributed by atoms with Gasteiger partial charge in [0.2, 0.25) is 11.8 Å². The van der Waals surface area contributed by atoms with Crippen LogP contribution in [0.25, 0.3) is 0 Å². The maximum Gasteiger partial charge on any atom is 0.490 e. The normalized spacial score (nSPS) is 22.6. The third kappa shape index (κ3) is 7.63. The molecule has 4 rings (SSSR count). The van der Waals surface area contributed by atoms with E-state index in [2.05, 4.69) is 27.5 Å². The van der Waals surface area contributed by atoms with Gasteiger partial charge in [-0.15, -0.1) is 5.10 Å². The van der Waals surface area contributed by atoms with E-state index in [1.54, 1.807) is 4.68 Å². The third-order valence-corrected chi connectivity index (χ3v) is 6.60. The molecule has 1 aromatic heterocycles. The van der Waals surface area contributed by atoms with E-state index in [1.165, 1.54) is 12.8 Å². The highest BCUT2D eigenvalue weighted by atomic mass is 19.4. The predicted molar refractivity (Wildman–Crippen MR) is 124 cm³/mol. The molecule has 208 valence electrons. The average molecular weight is 533 g/mol. The first-order chi connectivity index (χ1) is 17.6. The van der Waals surface area contributed by atoms with Gasteiger partial charge in [0.05, 0.1) is 31.5 Å². The fourth-order valence-electron chi connectivity index (χ4n) is 4.58. The van der Waals surface area contributed by atoms with Crippen molar-refractivity contribution in [2.24, 2.45) is 5.92 Å². The Hall–Kier alpha value is -2.74. The number of ether oxygens (including phenoxy) is 1. The van der Waals surface area contributed by atoms with Gasteiger partial charge in [-0.3, -0.25) is 19.2 Å². The summed E-state index contributed by atoms with van der Waals surface area (Å²) in [6.07, 6.45) is 1.54. The molecule has 1 saturated carbocycles. The van der Waals surface area contributed by atoms with Gasteiger partial charge in [-0.2, -0.15) is 13.2 Å². The van der Waals surface area contributed by atoms with Crippen LogP contribution in [0.3, 0.4) is 0 Å². The van der Waals surface area contributed by atoms with Gasteiger partial charge in [0, 0.05) is 32.6 Å². The molecule has 2 N–H and O–H groups in total. The first-order valence-electron chi connectivity index (χ1n) is 12.7. The highest BCUT2D eigenvalue weighted by Crippen LogP contribution is 2.32. The van der Waals surface area contributed by atoms with Crippen LogP contribution in [-0.2, 0) is 25.7 Å². The van der Waals surface area contributed by atoms with Crippen molar-refractivity contribution in [1.82, 2.24) is 30.1 Å². The highest BCUT2D eigenvalue weighted by Gasteiger charge is 2.47. The summed E-state index contributed by atoms with van der Waals surface area (Å²) >= 11 is 0. The van der Waals surface area contributed by atoms with E-state index in [0.717, 1.165) is 25.9 Å². The second-order valence-electron chi connectivity index (χ2n) is 9.55. The molecule has 3 atom stereocenters. The number of piperazine rings is 1. The first kappa shape index (κ1) is 28.8. The fraction of sp³-hybridized carbons (Fsp3) is 0.783. The van der Waals surface area contributed by atoms with Gasteiger partial charge in [-0.05, 0) is 31.6 Å². The van der Waals surface area contributed by atoms with Crippen molar-refractivity contribution in [3.8, 4) is 0 Å². The van der Waals surface area contributed by atoms with Crippen molar-refractivity contribution in [2.45, 2.75) is 76.8 Å². The number of alkyl halides is 3. The number of aryl methyl sites for hydroxylation is 1. The van der Waals surface area contributed by atoms with Crippen LogP contribution in [0.2, 0.25) is 0 Å². The van der Waals surface area contributed by atoms with Gasteiger partial charge >= 0.3 is 12.1 Å². The van der Waals surface area contributed by atoms with Gasteiger partial charge in [0.25, 0.3) is 0 Å². The lowest BCUT2D eigenvalue weighted by atomic mass is 9.99. The van der Waals surface area contributed by atoms with E-state index in [1.807, 2.05) is 18.0 Å². The molecule has 1 unspecified atom stereocenters. The largest absolute Gasteiger partial charge is 0.490 e. The van der Waals surface area contributed by atoms with Crippen molar-refractivity contribution in [2.75, 3.05) is 32.8 Å². The summed E-state index contributed by atoms with van der Waals surface area (Å²) in [5, 5.41) is 18.9. The molecule has 0 spiro atoms. The maximum absolute atomic E-state index is 13.3. The number of carbonyl (C=O) groups is 3. The number of nitrogens with one attached hydrogen (secondary N) is 1. The number of carboxylic acids is 1. The molecule has 0 radical (unpaired) electrons. The van der Waals surface area contributed by atoms with Crippen molar-refractivity contribution in [3.63, 3.8) is 0 Å². The molecule has 3 heterocycles. The molecular formula is C23H35F3N6O5. The molecule has 2 saturated heterocycles. The molecule has 1 aliphatic carbocycles. The summed E-state index contributed by atoms with van der Waals surface area (Å²) in [5.41, 5.74) is 0.677. The summed E-state index contributed by atoms with van der Waals surface area (Å²) < 4.78 is 39.3. The van der Waals surface area contributed by atoms with E-state index in [9.17, 15) is 22.8 Å². The minimum Gasteiger partial charge on any atom is -0.475 e. The minimum atomic E-state index is -5.08. The number of carbonyl (C=O) groups excluding carboxylic acids is 2. The van der Waals surface area contributed by atoms with Crippen molar-refractivity contribution < 1.29 is 37.4 Å². The standard InChI is InChI=1S/C21H34N6O3.C2HF3O2/c1-3-5-19(28)26-9-10-27(18-14-30-13-17(18)26)20(21(29)22-11-15-6-7-15)16-12-25(8-4-2)24-23-16;3-2(4,5)1(6)7/h12,15,17-18,20H,3-11,13-14H2,1-2H3,(H,22,29);(H,6,7)/t17-,18+,20?;/m0./s1. The van der Waals surface area contributed by atoms with Crippen LogP contribution in [0.1, 0.15) is 57.7 Å². The quantitative estimate of drug-likeness (QED) is 0.491. The summed E-state index contributed by atoms with van der Waals surface area (Å²) in [4.78, 5) is 39.0. The molecule has 14 heteroatoms. The van der Waals surface area contributed by atoms with E-state index in [4.69, 9.17) is 14.6 Å². The van der Waals surface area contributed by atoms with Crippen LogP contribution in [0.4, 0.5) is 13.2 Å². The van der Waals surface area contributed by atoms with Gasteiger partial charge in [-0.25, -0.2) is 4.79 Å². The number of amides is 2. The molecule has 2 aliphatic heterocycles. The SMILES string of the molecule is CCCC(=O)N1CCN(C(C(=O)NCC2CC2)c2cn(CCC)nn2)[C@@H]2COC[C@@H]21.O=C(O)C(F)(F)F. The Bertz CT molecular complexity index is 938. The Morgan fingerprint density at radius 1 is 1.16 bits per heavy atom. The predicted octanol–water partition coefficient (Wildman–Crippen LogP) is 1.60. The first-order valence-corrected chi connectivity index (χ1v) is 12.7. The second kappa shape index (κ2) is 12.7. The minimum absolute atomic E-state index is 0.00689. The molecular weight excluding hydrogens is 497 g/mol. The van der Waals surface area contributed by atoms with Crippen LogP contribution in [0.5, 0.6) is 0 Å². The Labute approximate surface area is 213 Å². The van der Waals surface area contributed by atoms with Gasteiger partial charge in [0.1, 0.15) is 11.7 Å². The number of rotatable bonds is 9. The molecule has 1 aromatic rings. The number of nitrogens with zero attached hydrogens (tertiary/aromatic N) is 5. The number of aliphatic carboxylic acids is 1. The Balaban J connectivity index is 0.000000479. The van der Waals surface area contributed by atoms with E-state index < -0.39 is 18.2 Å². The molecule has 11 nitrogen and oxygen atoms in total. The number of fused-ring (bicyclic) bond motifs is 1. The molecule has 2 amide bonds. The third-order valence-electron chi connectivity index (χ3n) is 6.60. The van der Waals surface area contributed by atoms with Gasteiger partial charge in [-0.1, -0.05) is 19.1 Å². The summed E-state index contributed by atoms with van der Waals surface area (Å²) in [6.45, 7) is 7.90. The summed E-state index contributed by atoms with van der Waals surface area (Å²) in [5.74, 6) is -1.99. The second-order valence-corrected chi connectivity index (χ2v) is 9.55. The summed E-state index contributed by atoms with van der Waals surface area (Å²) in [7, 11) is 0. The molecule has 3 aliphatic rings. The van der Waals surface area contributed by atoms with E-state index >= 15 is 0 Å². The Kier molecular flexibility index (Phi) is 9.87. The lowest BCUT2D eigenvalue weighted by molar-refractivity contribution is -0.192. The van der Waals surface area contributed by atoms with Crippen molar-refractivity contribution in [3.05, 3.63) is 11.9 Å². The monoisotopic (exact) mass is 532 g/mol. The molecule has 0 bridgehead atoms. The Morgan fingerprint density at radius 2 is 1.84 bits per heavy atom. The van der Waals surface area contributed by atoms with E-state index in [-0.39, 0.29) is 23.9 Å². The number of hydrogen-bond acceptors (Lipinski definition) is 7. The van der Waals surface area contributed by atoms with E-state index in [0.29, 0.717) is 44.3 Å². The zero-order valence-electron chi connectivity index (χ0n) is 21.1. The number of aromatic nitrogens is 3. The number of hydrogen-bond donors (Lipinski definition) is 2. The zero-order chi connectivity index (χ0) is 27.2. The average Bonchev–Trinajstić information content (AvgIpc) is 3.33. The maximum atomic E-state index is 13.3. The number of halogens is 3. The lowest BCUT2D eigenvalue weighted by Gasteiger charge is -2.45. The molecule has 3 fully saturated rings. The van der Waals surface area contributed by atoms with Crippen molar-refractivity contribution in [1.29, 1.82) is 0 Å². The van der Waals surface area contributed by atoms with Crippen LogP contribution in [0.15, 0.2) is 6.20 Å². The lowest BCUT2D eigenvalue weighted by Crippen LogP contribution is -2.62. The molecule has 37 heavy (non-hydrogen) atoms. The van der Waals surface area contributed by atoms with Gasteiger partial charge < -0.3 is 20.1 Å². The van der Waals surface area contributed by atoms with Crippen LogP contribution >= 0.6 is 0 Å².